The van der Waals surface area contributed by atoms with Gasteiger partial charge in [0.2, 0.25) is 15.9 Å². The van der Waals surface area contributed by atoms with Crippen LogP contribution >= 0.6 is 0 Å². The second-order valence-corrected chi connectivity index (χ2v) is 7.65. The number of likely N-dealkylation sites (N-methyl/N-ethyl adjacent to an activating group) is 1. The molecular formula is C19H24N2O4S. The van der Waals surface area contributed by atoms with Crippen LogP contribution in [0.5, 0.6) is 5.75 Å². The van der Waals surface area contributed by atoms with Crippen molar-refractivity contribution in [3.8, 4) is 5.75 Å². The van der Waals surface area contributed by atoms with E-state index in [0.29, 0.717) is 18.7 Å². The lowest BCUT2D eigenvalue weighted by Crippen LogP contribution is -2.46. The zero-order valence-corrected chi connectivity index (χ0v) is 16.0. The second kappa shape index (κ2) is 8.82. The lowest BCUT2D eigenvalue weighted by atomic mass is 10.2. The number of carbonyl (C=O) groups excluding carboxylic acids is 1. The maximum Gasteiger partial charge on any atom is 0.241 e. The Morgan fingerprint density at radius 3 is 2.27 bits per heavy atom. The van der Waals surface area contributed by atoms with E-state index >= 15 is 0 Å². The average Bonchev–Trinajstić information content (AvgIpc) is 2.66. The van der Waals surface area contributed by atoms with Crippen molar-refractivity contribution < 1.29 is 17.9 Å². The first-order chi connectivity index (χ1) is 12.4. The van der Waals surface area contributed by atoms with Gasteiger partial charge < -0.3 is 9.64 Å². The van der Waals surface area contributed by atoms with E-state index in [2.05, 4.69) is 4.72 Å². The number of carbonyl (C=O) groups is 1. The molecule has 0 aliphatic rings. The number of nitrogens with one attached hydrogen (secondary N) is 1. The van der Waals surface area contributed by atoms with E-state index in [1.165, 1.54) is 24.1 Å². The summed E-state index contributed by atoms with van der Waals surface area (Å²) in [4.78, 5) is 14.3. The highest BCUT2D eigenvalue weighted by Gasteiger charge is 2.26. The molecule has 1 N–H and O–H groups in total. The van der Waals surface area contributed by atoms with Crippen molar-refractivity contribution in [2.45, 2.75) is 30.8 Å². The van der Waals surface area contributed by atoms with Crippen molar-refractivity contribution in [1.82, 2.24) is 9.62 Å². The van der Waals surface area contributed by atoms with Crippen LogP contribution in [0.15, 0.2) is 59.5 Å². The van der Waals surface area contributed by atoms with Crippen LogP contribution in [0.2, 0.25) is 0 Å². The van der Waals surface area contributed by atoms with Crippen molar-refractivity contribution in [3.63, 3.8) is 0 Å². The Labute approximate surface area is 154 Å². The van der Waals surface area contributed by atoms with Crippen LogP contribution in [0.1, 0.15) is 18.9 Å². The molecule has 7 heteroatoms. The zero-order chi connectivity index (χ0) is 19.2. The summed E-state index contributed by atoms with van der Waals surface area (Å²) < 4.78 is 32.7. The number of amides is 1. The van der Waals surface area contributed by atoms with Gasteiger partial charge in [0.25, 0.3) is 0 Å². The molecule has 0 fully saturated rings. The van der Waals surface area contributed by atoms with Gasteiger partial charge in [0.05, 0.1) is 12.0 Å². The predicted molar refractivity (Wildman–Crippen MR) is 100 cm³/mol. The predicted octanol–water partition coefficient (Wildman–Crippen LogP) is 2.41. The molecule has 2 aromatic carbocycles. The molecular weight excluding hydrogens is 352 g/mol. The van der Waals surface area contributed by atoms with Gasteiger partial charge in [0.15, 0.2) is 0 Å². The van der Waals surface area contributed by atoms with Crippen LogP contribution in [-0.2, 0) is 21.4 Å². The van der Waals surface area contributed by atoms with Gasteiger partial charge in [-0.1, -0.05) is 37.3 Å². The molecule has 140 valence electrons. The van der Waals surface area contributed by atoms with Crippen LogP contribution in [0, 0.1) is 0 Å². The third-order valence-corrected chi connectivity index (χ3v) is 5.50. The summed E-state index contributed by atoms with van der Waals surface area (Å²) in [6, 6.07) is 14.8. The summed E-state index contributed by atoms with van der Waals surface area (Å²) in [7, 11) is -0.625. The number of benzene rings is 2. The summed E-state index contributed by atoms with van der Waals surface area (Å²) in [6.07, 6.45) is 0.355. The van der Waals surface area contributed by atoms with Gasteiger partial charge in [-0.15, -0.1) is 0 Å². The minimum atomic E-state index is -3.80. The molecule has 0 bridgehead atoms. The molecule has 26 heavy (non-hydrogen) atoms. The molecule has 2 aromatic rings. The lowest BCUT2D eigenvalue weighted by Gasteiger charge is -2.24. The van der Waals surface area contributed by atoms with Crippen molar-refractivity contribution >= 4 is 15.9 Å². The van der Waals surface area contributed by atoms with E-state index in [4.69, 9.17) is 4.74 Å². The SMILES string of the molecule is CCC(NS(=O)(=O)c1ccc(OC)cc1)C(=O)N(C)Cc1ccccc1. The molecule has 2 rings (SSSR count). The molecule has 0 radical (unpaired) electrons. The fraction of sp³-hybridized carbons (Fsp3) is 0.316. The molecule has 0 saturated carbocycles. The summed E-state index contributed by atoms with van der Waals surface area (Å²) in [6.45, 7) is 2.19. The van der Waals surface area contributed by atoms with E-state index in [0.717, 1.165) is 5.56 Å². The molecule has 0 saturated heterocycles. The Kier molecular flexibility index (Phi) is 6.76. The maximum atomic E-state index is 12.7. The van der Waals surface area contributed by atoms with Gasteiger partial charge in [-0.2, -0.15) is 4.72 Å². The Bertz CT molecular complexity index is 820. The first-order valence-corrected chi connectivity index (χ1v) is 9.81. The van der Waals surface area contributed by atoms with Crippen molar-refractivity contribution in [1.29, 1.82) is 0 Å². The Hall–Kier alpha value is -2.38. The van der Waals surface area contributed by atoms with Gasteiger partial charge in [-0.05, 0) is 36.2 Å². The monoisotopic (exact) mass is 376 g/mol. The molecule has 1 amide bonds. The minimum absolute atomic E-state index is 0.0928. The normalized spacial score (nSPS) is 12.4. The highest BCUT2D eigenvalue weighted by atomic mass is 32.2. The largest absolute Gasteiger partial charge is 0.497 e. The Morgan fingerprint density at radius 2 is 1.73 bits per heavy atom. The summed E-state index contributed by atoms with van der Waals surface area (Å²) >= 11 is 0. The number of rotatable bonds is 8. The smallest absolute Gasteiger partial charge is 0.241 e. The molecule has 0 aliphatic heterocycles. The number of methoxy groups -OCH3 is 1. The van der Waals surface area contributed by atoms with E-state index < -0.39 is 16.1 Å². The summed E-state index contributed by atoms with van der Waals surface area (Å²) in [5.74, 6) is 0.295. The number of hydrogen-bond donors (Lipinski definition) is 1. The van der Waals surface area contributed by atoms with E-state index in [-0.39, 0.29) is 10.8 Å². The summed E-state index contributed by atoms with van der Waals surface area (Å²) in [5.41, 5.74) is 0.983. The number of ether oxygens (including phenoxy) is 1. The third-order valence-electron chi connectivity index (χ3n) is 4.01. The van der Waals surface area contributed by atoms with Crippen molar-refractivity contribution in [2.24, 2.45) is 0 Å². The highest BCUT2D eigenvalue weighted by molar-refractivity contribution is 7.89. The third kappa shape index (κ3) is 5.06. The second-order valence-electron chi connectivity index (χ2n) is 5.94. The molecule has 0 heterocycles. The van der Waals surface area contributed by atoms with Crippen LogP contribution in [0.4, 0.5) is 0 Å². The van der Waals surface area contributed by atoms with E-state index in [9.17, 15) is 13.2 Å². The molecule has 0 spiro atoms. The fourth-order valence-electron chi connectivity index (χ4n) is 2.52. The minimum Gasteiger partial charge on any atom is -0.497 e. The lowest BCUT2D eigenvalue weighted by molar-refractivity contribution is -0.132. The van der Waals surface area contributed by atoms with Gasteiger partial charge in [0, 0.05) is 13.6 Å². The van der Waals surface area contributed by atoms with Crippen LogP contribution in [0.3, 0.4) is 0 Å². The zero-order valence-electron chi connectivity index (χ0n) is 15.2. The van der Waals surface area contributed by atoms with Gasteiger partial charge in [-0.25, -0.2) is 8.42 Å². The number of hydrogen-bond acceptors (Lipinski definition) is 4. The van der Waals surface area contributed by atoms with Crippen molar-refractivity contribution in [2.75, 3.05) is 14.2 Å². The Balaban J connectivity index is 2.09. The molecule has 1 atom stereocenters. The number of sulfonamides is 1. The van der Waals surface area contributed by atoms with Gasteiger partial charge >= 0.3 is 0 Å². The van der Waals surface area contributed by atoms with Crippen LogP contribution < -0.4 is 9.46 Å². The number of nitrogens with zero attached hydrogens (tertiary/aromatic N) is 1. The van der Waals surface area contributed by atoms with Crippen LogP contribution in [-0.4, -0.2) is 39.4 Å². The average molecular weight is 376 g/mol. The fourth-order valence-corrected chi connectivity index (χ4v) is 3.79. The van der Waals surface area contributed by atoms with E-state index in [1.807, 2.05) is 30.3 Å². The maximum absolute atomic E-state index is 12.7. The Morgan fingerprint density at radius 1 is 1.12 bits per heavy atom. The molecule has 6 nitrogen and oxygen atoms in total. The van der Waals surface area contributed by atoms with E-state index in [1.54, 1.807) is 26.1 Å². The van der Waals surface area contributed by atoms with Gasteiger partial charge in [-0.3, -0.25) is 4.79 Å². The highest BCUT2D eigenvalue weighted by Crippen LogP contribution is 2.16. The van der Waals surface area contributed by atoms with Crippen molar-refractivity contribution in [3.05, 3.63) is 60.2 Å². The molecule has 0 aromatic heterocycles. The first kappa shape index (κ1) is 19.9. The quantitative estimate of drug-likeness (QED) is 0.768. The van der Waals surface area contributed by atoms with Crippen LogP contribution in [0.25, 0.3) is 0 Å². The molecule has 1 unspecified atom stereocenters. The summed E-state index contributed by atoms with van der Waals surface area (Å²) in [5, 5.41) is 0. The standard InChI is InChI=1S/C19H24N2O4S/c1-4-18(19(22)21(2)14-15-8-6-5-7-9-15)20-26(23,24)17-12-10-16(25-3)11-13-17/h5-13,18,20H,4,14H2,1-3H3. The molecule has 0 aliphatic carbocycles. The van der Waals surface area contributed by atoms with Gasteiger partial charge in [0.1, 0.15) is 11.8 Å². The topological polar surface area (TPSA) is 75.7 Å². The first-order valence-electron chi connectivity index (χ1n) is 8.32.